The Labute approximate surface area is 104 Å². The lowest BCUT2D eigenvalue weighted by Crippen LogP contribution is -2.18. The predicted molar refractivity (Wildman–Crippen MR) is 64.2 cm³/mol. The van der Waals surface area contributed by atoms with Crippen molar-refractivity contribution in [3.8, 4) is 5.88 Å². The van der Waals surface area contributed by atoms with Crippen LogP contribution in [0.4, 0.5) is 0 Å². The summed E-state index contributed by atoms with van der Waals surface area (Å²) in [5.41, 5.74) is 1.23. The molecule has 1 unspecified atom stereocenters. The molecular formula is C13H12N2O3. The fourth-order valence-corrected chi connectivity index (χ4v) is 1.51. The molecule has 1 aromatic carbocycles. The van der Waals surface area contributed by atoms with Gasteiger partial charge in [-0.15, -0.1) is 0 Å². The molecule has 18 heavy (non-hydrogen) atoms. The number of aromatic nitrogens is 2. The number of ether oxygens (including phenoxy) is 1. The first-order chi connectivity index (χ1) is 8.66. The molecule has 2 rings (SSSR count). The maximum atomic E-state index is 11.2. The van der Waals surface area contributed by atoms with Gasteiger partial charge in [-0.3, -0.25) is 4.98 Å². The van der Waals surface area contributed by atoms with Gasteiger partial charge >= 0.3 is 5.97 Å². The van der Waals surface area contributed by atoms with Gasteiger partial charge in [0.2, 0.25) is 12.0 Å². The minimum atomic E-state index is -1.08. The molecule has 0 aliphatic rings. The van der Waals surface area contributed by atoms with E-state index in [2.05, 4.69) is 9.97 Å². The zero-order chi connectivity index (χ0) is 13.0. The monoisotopic (exact) mass is 244 g/mol. The van der Waals surface area contributed by atoms with Gasteiger partial charge in [-0.1, -0.05) is 30.3 Å². The Kier molecular flexibility index (Phi) is 3.52. The summed E-state index contributed by atoms with van der Waals surface area (Å²) < 4.78 is 5.37. The molecule has 0 aliphatic carbocycles. The summed E-state index contributed by atoms with van der Waals surface area (Å²) in [6.07, 6.45) is 1.89. The molecule has 1 aromatic heterocycles. The van der Waals surface area contributed by atoms with E-state index in [-0.39, 0.29) is 5.88 Å². The standard InChI is InChI=1S/C13H12N2O3/c1-9-7-14-8-11(15-9)18-12(13(16)17)10-5-3-2-4-6-10/h2-8,12H,1H3,(H,16,17). The van der Waals surface area contributed by atoms with Crippen molar-refractivity contribution in [2.24, 2.45) is 0 Å². The largest absolute Gasteiger partial charge is 0.478 e. The topological polar surface area (TPSA) is 72.3 Å². The quantitative estimate of drug-likeness (QED) is 0.890. The van der Waals surface area contributed by atoms with Crippen LogP contribution in [0.3, 0.4) is 0 Å². The second kappa shape index (κ2) is 5.27. The highest BCUT2D eigenvalue weighted by Gasteiger charge is 2.22. The molecule has 0 radical (unpaired) electrons. The molecule has 0 saturated carbocycles. The van der Waals surface area contributed by atoms with Gasteiger partial charge in [0.1, 0.15) is 0 Å². The van der Waals surface area contributed by atoms with Crippen molar-refractivity contribution in [1.82, 2.24) is 9.97 Å². The predicted octanol–water partition coefficient (Wildman–Crippen LogP) is 1.99. The number of aryl methyl sites for hydroxylation is 1. The highest BCUT2D eigenvalue weighted by molar-refractivity contribution is 5.74. The third-order valence-electron chi connectivity index (χ3n) is 2.30. The Balaban J connectivity index is 2.25. The molecule has 5 heteroatoms. The molecular weight excluding hydrogens is 232 g/mol. The van der Waals surface area contributed by atoms with Crippen molar-refractivity contribution in [2.75, 3.05) is 0 Å². The summed E-state index contributed by atoms with van der Waals surface area (Å²) in [5, 5.41) is 9.18. The highest BCUT2D eigenvalue weighted by atomic mass is 16.5. The maximum absolute atomic E-state index is 11.2. The average molecular weight is 244 g/mol. The second-order valence-corrected chi connectivity index (χ2v) is 3.75. The normalized spacial score (nSPS) is 11.8. The van der Waals surface area contributed by atoms with Crippen LogP contribution in [0.1, 0.15) is 17.4 Å². The summed E-state index contributed by atoms with van der Waals surface area (Å²) in [5.74, 6) is -0.865. The Morgan fingerprint density at radius 3 is 2.61 bits per heavy atom. The summed E-state index contributed by atoms with van der Waals surface area (Å²) in [6.45, 7) is 1.76. The molecule has 0 bridgehead atoms. The molecule has 0 saturated heterocycles. The Hall–Kier alpha value is -2.43. The van der Waals surface area contributed by atoms with Gasteiger partial charge in [0.05, 0.1) is 11.9 Å². The highest BCUT2D eigenvalue weighted by Crippen LogP contribution is 2.20. The number of nitrogens with zero attached hydrogens (tertiary/aromatic N) is 2. The van der Waals surface area contributed by atoms with Crippen LogP contribution < -0.4 is 4.74 Å². The van der Waals surface area contributed by atoms with E-state index in [1.54, 1.807) is 37.4 Å². The first kappa shape index (κ1) is 12.0. The number of benzene rings is 1. The van der Waals surface area contributed by atoms with Crippen LogP contribution >= 0.6 is 0 Å². The van der Waals surface area contributed by atoms with Crippen LogP contribution in [0.25, 0.3) is 0 Å². The molecule has 0 aliphatic heterocycles. The lowest BCUT2D eigenvalue weighted by Gasteiger charge is -2.14. The van der Waals surface area contributed by atoms with Gasteiger partial charge in [-0.05, 0) is 6.92 Å². The van der Waals surface area contributed by atoms with Crippen molar-refractivity contribution >= 4 is 5.97 Å². The first-order valence-electron chi connectivity index (χ1n) is 5.40. The minimum absolute atomic E-state index is 0.200. The van der Waals surface area contributed by atoms with Gasteiger partial charge < -0.3 is 9.84 Å². The number of carboxylic acid groups (broad SMARTS) is 1. The van der Waals surface area contributed by atoms with Crippen LogP contribution in [0.5, 0.6) is 5.88 Å². The van der Waals surface area contributed by atoms with Gasteiger partial charge in [-0.2, -0.15) is 0 Å². The van der Waals surface area contributed by atoms with Crippen molar-refractivity contribution in [1.29, 1.82) is 0 Å². The van der Waals surface area contributed by atoms with Crippen LogP contribution in [-0.2, 0) is 4.79 Å². The molecule has 1 atom stereocenters. The van der Waals surface area contributed by atoms with E-state index in [0.717, 1.165) is 0 Å². The van der Waals surface area contributed by atoms with E-state index in [1.807, 2.05) is 6.07 Å². The molecule has 0 amide bonds. The summed E-state index contributed by atoms with van der Waals surface area (Å²) >= 11 is 0. The summed E-state index contributed by atoms with van der Waals surface area (Å²) in [4.78, 5) is 19.2. The van der Waals surface area contributed by atoms with E-state index < -0.39 is 12.1 Å². The number of hydrogen-bond donors (Lipinski definition) is 1. The summed E-state index contributed by atoms with van der Waals surface area (Å²) in [6, 6.07) is 8.73. The first-order valence-corrected chi connectivity index (χ1v) is 5.40. The van der Waals surface area contributed by atoms with E-state index in [0.29, 0.717) is 11.3 Å². The van der Waals surface area contributed by atoms with Crippen molar-refractivity contribution < 1.29 is 14.6 Å². The number of carboxylic acids is 1. The molecule has 1 N–H and O–H groups in total. The van der Waals surface area contributed by atoms with Crippen LogP contribution in [0, 0.1) is 6.92 Å². The van der Waals surface area contributed by atoms with Crippen molar-refractivity contribution in [3.63, 3.8) is 0 Å². The zero-order valence-corrected chi connectivity index (χ0v) is 9.78. The van der Waals surface area contributed by atoms with Gasteiger partial charge in [0.25, 0.3) is 0 Å². The SMILES string of the molecule is Cc1cncc(OC(C(=O)O)c2ccccc2)n1. The third kappa shape index (κ3) is 2.82. The number of hydrogen-bond acceptors (Lipinski definition) is 4. The number of carbonyl (C=O) groups is 1. The third-order valence-corrected chi connectivity index (χ3v) is 2.30. The van der Waals surface area contributed by atoms with E-state index >= 15 is 0 Å². The summed E-state index contributed by atoms with van der Waals surface area (Å²) in [7, 11) is 0. The fourth-order valence-electron chi connectivity index (χ4n) is 1.51. The Morgan fingerprint density at radius 1 is 1.28 bits per heavy atom. The molecule has 1 heterocycles. The second-order valence-electron chi connectivity index (χ2n) is 3.75. The van der Waals surface area contributed by atoms with Crippen LogP contribution in [0.15, 0.2) is 42.7 Å². The molecule has 0 fully saturated rings. The van der Waals surface area contributed by atoms with Crippen molar-refractivity contribution in [2.45, 2.75) is 13.0 Å². The Morgan fingerprint density at radius 2 is 2.00 bits per heavy atom. The number of rotatable bonds is 4. The van der Waals surface area contributed by atoms with E-state index in [9.17, 15) is 9.90 Å². The van der Waals surface area contributed by atoms with Gasteiger partial charge in [0, 0.05) is 11.8 Å². The lowest BCUT2D eigenvalue weighted by molar-refractivity contribution is -0.145. The molecule has 0 spiro atoms. The number of aliphatic carboxylic acids is 1. The van der Waals surface area contributed by atoms with Crippen LogP contribution in [0.2, 0.25) is 0 Å². The van der Waals surface area contributed by atoms with E-state index in [1.165, 1.54) is 6.20 Å². The maximum Gasteiger partial charge on any atom is 0.349 e. The van der Waals surface area contributed by atoms with E-state index in [4.69, 9.17) is 4.74 Å². The molecule has 92 valence electrons. The molecule has 2 aromatic rings. The van der Waals surface area contributed by atoms with Crippen molar-refractivity contribution in [3.05, 3.63) is 54.0 Å². The zero-order valence-electron chi connectivity index (χ0n) is 9.78. The molecule has 5 nitrogen and oxygen atoms in total. The van der Waals surface area contributed by atoms with Gasteiger partial charge in [-0.25, -0.2) is 9.78 Å². The Bertz CT molecular complexity index is 543. The smallest absolute Gasteiger partial charge is 0.349 e. The fraction of sp³-hybridized carbons (Fsp3) is 0.154. The average Bonchev–Trinajstić information content (AvgIpc) is 2.37. The minimum Gasteiger partial charge on any atom is -0.478 e. The van der Waals surface area contributed by atoms with Crippen LogP contribution in [-0.4, -0.2) is 21.0 Å². The van der Waals surface area contributed by atoms with Gasteiger partial charge in [0.15, 0.2) is 0 Å². The lowest BCUT2D eigenvalue weighted by atomic mass is 10.1.